The van der Waals surface area contributed by atoms with Gasteiger partial charge < -0.3 is 1.43 Å². The van der Waals surface area contributed by atoms with Crippen LogP contribution in [0.5, 0.6) is 0 Å². The Morgan fingerprint density at radius 1 is 1.78 bits per heavy atom. The van der Waals surface area contributed by atoms with Crippen molar-refractivity contribution in [3.63, 3.8) is 0 Å². The Morgan fingerprint density at radius 2 is 2.56 bits per heavy atom. The third kappa shape index (κ3) is 3.04. The van der Waals surface area contributed by atoms with E-state index in [2.05, 4.69) is 24.8 Å². The minimum Gasteiger partial charge on any atom is -1.00 e. The normalized spacial score (nSPS) is 14.4. The molecule has 0 aromatic carbocycles. The molecule has 0 atom stereocenters. The largest absolute Gasteiger partial charge is 1.00 e. The molecule has 1 heteroatoms. The van der Waals surface area contributed by atoms with Crippen LogP contribution in [0.3, 0.4) is 0 Å². The van der Waals surface area contributed by atoms with Crippen molar-refractivity contribution in [2.24, 2.45) is 0 Å². The average Bonchev–Trinajstić information content (AvgIpc) is 2.19. The number of allylic oxidation sites excluding steroid dienone is 5. The van der Waals surface area contributed by atoms with E-state index < -0.39 is 0 Å². The number of hydrogen-bond donors (Lipinski definition) is 0. The van der Waals surface area contributed by atoms with Gasteiger partial charge in [0.25, 0.3) is 0 Å². The van der Waals surface area contributed by atoms with Crippen molar-refractivity contribution in [3.8, 4) is 0 Å². The summed E-state index contributed by atoms with van der Waals surface area (Å²) in [5.41, 5.74) is 1.47. The van der Waals surface area contributed by atoms with Gasteiger partial charge in [0.2, 0.25) is 0 Å². The molecule has 0 spiro atoms. The molecule has 0 nitrogen and oxygen atoms in total. The van der Waals surface area contributed by atoms with E-state index in [0.29, 0.717) is 0 Å². The molecular formula is C8H11Na. The van der Waals surface area contributed by atoms with Crippen molar-refractivity contribution in [2.75, 3.05) is 0 Å². The molecule has 0 unspecified atom stereocenters. The maximum atomic E-state index is 3.66. The zero-order valence-corrected chi connectivity index (χ0v) is 7.93. The van der Waals surface area contributed by atoms with Crippen molar-refractivity contribution in [1.82, 2.24) is 0 Å². The van der Waals surface area contributed by atoms with Gasteiger partial charge in [0, 0.05) is 0 Å². The minimum absolute atomic E-state index is 0. The maximum absolute atomic E-state index is 3.66. The molecule has 0 heterocycles. The van der Waals surface area contributed by atoms with Crippen LogP contribution in [0.2, 0.25) is 0 Å². The maximum Gasteiger partial charge on any atom is 1.00 e. The summed E-state index contributed by atoms with van der Waals surface area (Å²) in [4.78, 5) is 0. The van der Waals surface area contributed by atoms with E-state index in [1.165, 1.54) is 5.57 Å². The van der Waals surface area contributed by atoms with Crippen LogP contribution in [0.15, 0.2) is 36.5 Å². The molecule has 0 saturated heterocycles. The predicted octanol–water partition coefficient (Wildman–Crippen LogP) is -0.435. The van der Waals surface area contributed by atoms with Gasteiger partial charge in [-0.25, -0.2) is 0 Å². The van der Waals surface area contributed by atoms with Gasteiger partial charge >= 0.3 is 29.6 Å². The van der Waals surface area contributed by atoms with Crippen molar-refractivity contribution in [3.05, 3.63) is 36.5 Å². The van der Waals surface area contributed by atoms with Gasteiger partial charge in [-0.2, -0.15) is 0 Å². The van der Waals surface area contributed by atoms with Gasteiger partial charge in [-0.3, -0.25) is 0 Å². The van der Waals surface area contributed by atoms with Crippen molar-refractivity contribution in [2.45, 2.75) is 12.8 Å². The predicted molar refractivity (Wildman–Crippen MR) is 37.8 cm³/mol. The van der Waals surface area contributed by atoms with Crippen LogP contribution >= 0.6 is 0 Å². The standard InChI is InChI=1S/C8H10.Na.H/c1-2-5-8-6-3-4-7-8;;/h2-4,6H,1,5,7H2;;/q;+1;-1. The Kier molecular flexibility index (Phi) is 5.16. The molecule has 1 aliphatic rings. The number of hydrogen-bond acceptors (Lipinski definition) is 0. The first-order valence-electron chi connectivity index (χ1n) is 2.89. The summed E-state index contributed by atoms with van der Waals surface area (Å²) in [5, 5.41) is 0. The van der Waals surface area contributed by atoms with Crippen molar-refractivity contribution < 1.29 is 31.0 Å². The molecule has 1 aliphatic carbocycles. The molecular weight excluding hydrogens is 119 g/mol. The molecule has 0 radical (unpaired) electrons. The molecule has 0 aromatic rings. The third-order valence-electron chi connectivity index (χ3n) is 1.25. The molecule has 9 heavy (non-hydrogen) atoms. The van der Waals surface area contributed by atoms with Crippen LogP contribution in [0.1, 0.15) is 14.3 Å². The summed E-state index contributed by atoms with van der Waals surface area (Å²) in [5.74, 6) is 0. The zero-order valence-electron chi connectivity index (χ0n) is 6.93. The monoisotopic (exact) mass is 130 g/mol. The van der Waals surface area contributed by atoms with Gasteiger partial charge in [-0.15, -0.1) is 6.58 Å². The SMILES string of the molecule is C=CCC1=CC=CC1.[H-].[Na+]. The fourth-order valence-electron chi connectivity index (χ4n) is 0.828. The smallest absolute Gasteiger partial charge is 1.00 e. The van der Waals surface area contributed by atoms with Gasteiger partial charge in [-0.05, 0) is 12.8 Å². The Balaban J connectivity index is 0. The second-order valence-corrected chi connectivity index (χ2v) is 1.95. The van der Waals surface area contributed by atoms with Crippen molar-refractivity contribution in [1.29, 1.82) is 0 Å². The molecule has 0 amide bonds. The summed E-state index contributed by atoms with van der Waals surface area (Å²) in [6.45, 7) is 3.66. The Morgan fingerprint density at radius 3 is 3.00 bits per heavy atom. The second kappa shape index (κ2) is 5.04. The quantitative estimate of drug-likeness (QED) is 0.351. The van der Waals surface area contributed by atoms with Crippen LogP contribution in [-0.4, -0.2) is 0 Å². The average molecular weight is 130 g/mol. The Bertz CT molecular complexity index is 147. The Labute approximate surface area is 80.1 Å². The van der Waals surface area contributed by atoms with Crippen LogP contribution in [0.4, 0.5) is 0 Å². The van der Waals surface area contributed by atoms with E-state index in [0.717, 1.165) is 12.8 Å². The minimum atomic E-state index is 0. The van der Waals surface area contributed by atoms with Crippen LogP contribution in [0.25, 0.3) is 0 Å². The summed E-state index contributed by atoms with van der Waals surface area (Å²) < 4.78 is 0. The van der Waals surface area contributed by atoms with Crippen LogP contribution in [-0.2, 0) is 0 Å². The van der Waals surface area contributed by atoms with Gasteiger partial charge in [-0.1, -0.05) is 29.9 Å². The second-order valence-electron chi connectivity index (χ2n) is 1.95. The zero-order chi connectivity index (χ0) is 5.82. The summed E-state index contributed by atoms with van der Waals surface area (Å²) >= 11 is 0. The first-order chi connectivity index (χ1) is 3.93. The van der Waals surface area contributed by atoms with Gasteiger partial charge in [0.1, 0.15) is 0 Å². The van der Waals surface area contributed by atoms with Gasteiger partial charge in [0.05, 0.1) is 0 Å². The summed E-state index contributed by atoms with van der Waals surface area (Å²) in [7, 11) is 0. The third-order valence-corrected chi connectivity index (χ3v) is 1.25. The molecule has 0 aromatic heterocycles. The molecule has 0 saturated carbocycles. The van der Waals surface area contributed by atoms with Gasteiger partial charge in [0.15, 0.2) is 0 Å². The fourth-order valence-corrected chi connectivity index (χ4v) is 0.828. The summed E-state index contributed by atoms with van der Waals surface area (Å²) in [6.07, 6.45) is 10.5. The van der Waals surface area contributed by atoms with E-state index in [1.54, 1.807) is 0 Å². The Hall–Kier alpha value is 0.220. The first kappa shape index (κ1) is 9.22. The topological polar surface area (TPSA) is 0 Å². The molecule has 0 bridgehead atoms. The van der Waals surface area contributed by atoms with E-state index in [-0.39, 0.29) is 31.0 Å². The van der Waals surface area contributed by atoms with E-state index in [1.807, 2.05) is 6.08 Å². The van der Waals surface area contributed by atoms with E-state index in [9.17, 15) is 0 Å². The first-order valence-corrected chi connectivity index (χ1v) is 2.89. The molecule has 44 valence electrons. The summed E-state index contributed by atoms with van der Waals surface area (Å²) in [6, 6.07) is 0. The van der Waals surface area contributed by atoms with Crippen molar-refractivity contribution >= 4 is 0 Å². The molecule has 0 N–H and O–H groups in total. The molecule has 1 rings (SSSR count). The number of rotatable bonds is 2. The molecule has 0 fully saturated rings. The van der Waals surface area contributed by atoms with Crippen LogP contribution in [0, 0.1) is 0 Å². The van der Waals surface area contributed by atoms with E-state index in [4.69, 9.17) is 0 Å². The van der Waals surface area contributed by atoms with E-state index >= 15 is 0 Å². The fraction of sp³-hybridized carbons (Fsp3) is 0.250. The molecule has 0 aliphatic heterocycles. The van der Waals surface area contributed by atoms with Crippen LogP contribution < -0.4 is 29.6 Å².